The van der Waals surface area contributed by atoms with Crippen molar-refractivity contribution in [3.63, 3.8) is 0 Å². The van der Waals surface area contributed by atoms with Gasteiger partial charge in [-0.05, 0) is 47.9 Å². The van der Waals surface area contributed by atoms with Crippen LogP contribution in [0.25, 0.3) is 11.1 Å². The minimum atomic E-state index is -1.08. The fourth-order valence-corrected chi connectivity index (χ4v) is 4.05. The van der Waals surface area contributed by atoms with Crippen molar-refractivity contribution in [3.05, 3.63) is 81.5 Å². The van der Waals surface area contributed by atoms with Gasteiger partial charge in [0.1, 0.15) is 0 Å². The predicted molar refractivity (Wildman–Crippen MR) is 127 cm³/mol. The lowest BCUT2D eigenvalue weighted by atomic mass is 9.98. The SMILES string of the molecule is CCCn1c(C(=O)O)c(CCC(C)C)n(Cc2ccc(-c3ccccc3C(=O)O)cc2)c1=O. The molecule has 3 rings (SSSR count). The summed E-state index contributed by atoms with van der Waals surface area (Å²) in [6.07, 6.45) is 1.95. The molecule has 2 aromatic carbocycles. The summed E-state index contributed by atoms with van der Waals surface area (Å²) in [4.78, 5) is 36.7. The molecule has 3 aromatic rings. The summed E-state index contributed by atoms with van der Waals surface area (Å²) in [5.41, 5.74) is 2.76. The summed E-state index contributed by atoms with van der Waals surface area (Å²) in [5.74, 6) is -1.70. The Balaban J connectivity index is 2.01. The molecule has 174 valence electrons. The molecule has 0 atom stereocenters. The van der Waals surface area contributed by atoms with Crippen LogP contribution in [0.15, 0.2) is 53.3 Å². The summed E-state index contributed by atoms with van der Waals surface area (Å²) < 4.78 is 2.94. The van der Waals surface area contributed by atoms with Crippen molar-refractivity contribution in [3.8, 4) is 11.1 Å². The van der Waals surface area contributed by atoms with Crippen LogP contribution in [0.1, 0.15) is 65.7 Å². The Morgan fingerprint density at radius 1 is 0.939 bits per heavy atom. The van der Waals surface area contributed by atoms with Crippen LogP contribution in [0.3, 0.4) is 0 Å². The van der Waals surface area contributed by atoms with E-state index in [0.29, 0.717) is 36.6 Å². The first-order valence-electron chi connectivity index (χ1n) is 11.2. The van der Waals surface area contributed by atoms with Gasteiger partial charge in [-0.2, -0.15) is 0 Å². The summed E-state index contributed by atoms with van der Waals surface area (Å²) in [6, 6.07) is 14.2. The Kier molecular flexibility index (Phi) is 7.53. The fourth-order valence-electron chi connectivity index (χ4n) is 4.05. The molecule has 0 saturated carbocycles. The van der Waals surface area contributed by atoms with Crippen molar-refractivity contribution in [2.45, 2.75) is 53.1 Å². The average molecular weight is 451 g/mol. The van der Waals surface area contributed by atoms with Gasteiger partial charge in [0.2, 0.25) is 0 Å². The third-order valence-electron chi connectivity index (χ3n) is 5.70. The Morgan fingerprint density at radius 2 is 1.61 bits per heavy atom. The number of carbonyl (C=O) groups is 2. The number of carboxylic acids is 2. The van der Waals surface area contributed by atoms with Gasteiger partial charge in [0, 0.05) is 6.54 Å². The highest BCUT2D eigenvalue weighted by atomic mass is 16.4. The largest absolute Gasteiger partial charge is 0.478 e. The zero-order valence-corrected chi connectivity index (χ0v) is 19.2. The third kappa shape index (κ3) is 5.25. The monoisotopic (exact) mass is 450 g/mol. The van der Waals surface area contributed by atoms with Gasteiger partial charge in [-0.25, -0.2) is 14.4 Å². The highest BCUT2D eigenvalue weighted by Gasteiger charge is 2.24. The lowest BCUT2D eigenvalue weighted by Crippen LogP contribution is -2.26. The maximum Gasteiger partial charge on any atom is 0.354 e. The van der Waals surface area contributed by atoms with Gasteiger partial charge in [-0.1, -0.05) is 63.2 Å². The number of imidazole rings is 1. The van der Waals surface area contributed by atoms with Crippen LogP contribution in [0, 0.1) is 5.92 Å². The molecule has 0 aliphatic rings. The number of rotatable bonds is 10. The Morgan fingerprint density at radius 3 is 2.18 bits per heavy atom. The zero-order valence-electron chi connectivity index (χ0n) is 19.2. The van der Waals surface area contributed by atoms with E-state index in [4.69, 9.17) is 0 Å². The van der Waals surface area contributed by atoms with E-state index in [-0.39, 0.29) is 23.5 Å². The number of hydrogen-bond donors (Lipinski definition) is 2. The summed E-state index contributed by atoms with van der Waals surface area (Å²) in [6.45, 7) is 6.66. The van der Waals surface area contributed by atoms with E-state index in [2.05, 4.69) is 13.8 Å². The molecule has 33 heavy (non-hydrogen) atoms. The quantitative estimate of drug-likeness (QED) is 0.464. The van der Waals surface area contributed by atoms with E-state index in [1.807, 2.05) is 31.2 Å². The average Bonchev–Trinajstić information content (AvgIpc) is 3.04. The second-order valence-electron chi connectivity index (χ2n) is 8.60. The number of aromatic nitrogens is 2. The molecule has 0 saturated heterocycles. The molecule has 2 N–H and O–H groups in total. The molecular weight excluding hydrogens is 420 g/mol. The zero-order chi connectivity index (χ0) is 24.1. The summed E-state index contributed by atoms with van der Waals surface area (Å²) in [5, 5.41) is 19.3. The van der Waals surface area contributed by atoms with Gasteiger partial charge >= 0.3 is 17.6 Å². The second kappa shape index (κ2) is 10.3. The van der Waals surface area contributed by atoms with E-state index in [9.17, 15) is 24.6 Å². The number of aromatic carboxylic acids is 2. The van der Waals surface area contributed by atoms with Crippen LogP contribution >= 0.6 is 0 Å². The highest BCUT2D eigenvalue weighted by molar-refractivity contribution is 5.96. The molecule has 0 spiro atoms. The normalized spacial score (nSPS) is 11.2. The summed E-state index contributed by atoms with van der Waals surface area (Å²) >= 11 is 0. The molecule has 1 aromatic heterocycles. The van der Waals surface area contributed by atoms with Crippen molar-refractivity contribution in [1.29, 1.82) is 0 Å². The van der Waals surface area contributed by atoms with Gasteiger partial charge < -0.3 is 10.2 Å². The minimum Gasteiger partial charge on any atom is -0.478 e. The molecule has 7 heteroatoms. The fraction of sp³-hybridized carbons (Fsp3) is 0.346. The van der Waals surface area contributed by atoms with E-state index < -0.39 is 11.9 Å². The van der Waals surface area contributed by atoms with Crippen molar-refractivity contribution >= 4 is 11.9 Å². The van der Waals surface area contributed by atoms with E-state index in [1.54, 1.807) is 28.8 Å². The Labute approximate surface area is 192 Å². The first-order valence-corrected chi connectivity index (χ1v) is 11.2. The van der Waals surface area contributed by atoms with Gasteiger partial charge in [-0.3, -0.25) is 9.13 Å². The molecule has 7 nitrogen and oxygen atoms in total. The van der Waals surface area contributed by atoms with Crippen LogP contribution in [0.5, 0.6) is 0 Å². The van der Waals surface area contributed by atoms with Gasteiger partial charge in [0.25, 0.3) is 0 Å². The highest BCUT2D eigenvalue weighted by Crippen LogP contribution is 2.25. The molecule has 0 radical (unpaired) electrons. The number of benzene rings is 2. The minimum absolute atomic E-state index is 0.0782. The van der Waals surface area contributed by atoms with E-state index in [0.717, 1.165) is 17.5 Å². The van der Waals surface area contributed by atoms with Crippen LogP contribution in [-0.4, -0.2) is 31.3 Å². The molecule has 0 bridgehead atoms. The standard InChI is InChI=1S/C26H30N2O5/c1-4-15-27-23(25(31)32)22(14-9-17(2)3)28(26(27)33)16-18-10-12-19(13-11-18)20-7-5-6-8-21(20)24(29)30/h5-8,10-13,17H,4,9,14-16H2,1-3H3,(H,29,30)(H,31,32). The third-order valence-corrected chi connectivity index (χ3v) is 5.70. The second-order valence-corrected chi connectivity index (χ2v) is 8.60. The number of nitrogens with zero attached hydrogens (tertiary/aromatic N) is 2. The molecular formula is C26H30N2O5. The Hall–Kier alpha value is -3.61. The molecule has 1 heterocycles. The molecule has 0 aliphatic carbocycles. The number of carboxylic acid groups (broad SMARTS) is 2. The predicted octanol–water partition coefficient (Wildman–Crippen LogP) is 4.76. The van der Waals surface area contributed by atoms with Crippen molar-refractivity contribution in [2.75, 3.05) is 0 Å². The lowest BCUT2D eigenvalue weighted by molar-refractivity contribution is 0.0677. The molecule has 0 amide bonds. The molecule has 0 fully saturated rings. The van der Waals surface area contributed by atoms with Crippen LogP contribution < -0.4 is 5.69 Å². The first-order chi connectivity index (χ1) is 15.7. The lowest BCUT2D eigenvalue weighted by Gasteiger charge is -2.11. The van der Waals surface area contributed by atoms with E-state index >= 15 is 0 Å². The van der Waals surface area contributed by atoms with Gasteiger partial charge in [0.05, 0.1) is 17.8 Å². The molecule has 0 unspecified atom stereocenters. The van der Waals surface area contributed by atoms with E-state index in [1.165, 1.54) is 4.57 Å². The maximum absolute atomic E-state index is 13.2. The smallest absolute Gasteiger partial charge is 0.354 e. The molecule has 0 aliphatic heterocycles. The van der Waals surface area contributed by atoms with Crippen molar-refractivity contribution in [2.24, 2.45) is 5.92 Å². The van der Waals surface area contributed by atoms with Crippen LogP contribution in [-0.2, 0) is 19.5 Å². The van der Waals surface area contributed by atoms with Crippen molar-refractivity contribution in [1.82, 2.24) is 9.13 Å². The van der Waals surface area contributed by atoms with Gasteiger partial charge in [0.15, 0.2) is 5.69 Å². The van der Waals surface area contributed by atoms with Gasteiger partial charge in [-0.15, -0.1) is 0 Å². The van der Waals surface area contributed by atoms with Crippen molar-refractivity contribution < 1.29 is 19.8 Å². The topological polar surface area (TPSA) is 102 Å². The Bertz CT molecular complexity index is 1200. The number of hydrogen-bond acceptors (Lipinski definition) is 3. The summed E-state index contributed by atoms with van der Waals surface area (Å²) in [7, 11) is 0. The van der Waals surface area contributed by atoms with Crippen LogP contribution in [0.4, 0.5) is 0 Å². The maximum atomic E-state index is 13.2. The van der Waals surface area contributed by atoms with Crippen LogP contribution in [0.2, 0.25) is 0 Å². The first kappa shape index (κ1) is 24.0.